The van der Waals surface area contributed by atoms with Gasteiger partial charge in [0.25, 0.3) is 11.8 Å². The van der Waals surface area contributed by atoms with Gasteiger partial charge in [-0.05, 0) is 12.1 Å². The van der Waals surface area contributed by atoms with Gasteiger partial charge in [0.15, 0.2) is 5.13 Å². The largest absolute Gasteiger partial charge is 1.00 e. The molecule has 3 heterocycles. The van der Waals surface area contributed by atoms with Crippen LogP contribution in [0.4, 0.5) is 5.13 Å². The van der Waals surface area contributed by atoms with Gasteiger partial charge < -0.3 is 25.7 Å². The zero-order valence-electron chi connectivity index (χ0n) is 20.1. The molecule has 12 nitrogen and oxygen atoms in total. The molecule has 2 amide bonds. The Morgan fingerprint density at radius 2 is 1.97 bits per heavy atom. The molecule has 0 radical (unpaired) electrons. The number of β-lactam (4-membered cyclic amide) rings is 1. The van der Waals surface area contributed by atoms with E-state index < -0.39 is 50.7 Å². The Labute approximate surface area is 247 Å². The van der Waals surface area contributed by atoms with E-state index >= 15 is 0 Å². The number of aromatic nitrogens is 1. The van der Waals surface area contributed by atoms with Crippen LogP contribution in [0.3, 0.4) is 0 Å². The number of carboxylic acids is 1. The number of carbonyl (C=O) groups is 4. The fraction of sp³-hybridized carbons (Fsp3) is 0.227. The summed E-state index contributed by atoms with van der Waals surface area (Å²) in [5.41, 5.74) is 5.10. The predicted molar refractivity (Wildman–Crippen MR) is 132 cm³/mol. The molecule has 2 aromatic rings. The summed E-state index contributed by atoms with van der Waals surface area (Å²) in [6.45, 7) is 0.839. The molecule has 0 spiro atoms. The average molecular weight is 587 g/mol. The summed E-state index contributed by atoms with van der Waals surface area (Å²) in [5, 5.41) is 15.7. The first-order chi connectivity index (χ1) is 17.5. The van der Waals surface area contributed by atoms with Crippen LogP contribution in [0.1, 0.15) is 12.6 Å². The minimum Gasteiger partial charge on any atom is -0.543 e. The van der Waals surface area contributed by atoms with Crippen LogP contribution in [0, 0.1) is 0 Å². The summed E-state index contributed by atoms with van der Waals surface area (Å²) in [6.07, 6.45) is 0. The molecular weight excluding hydrogens is 567 g/mol. The van der Waals surface area contributed by atoms with Crippen molar-refractivity contribution in [2.45, 2.75) is 23.2 Å². The summed E-state index contributed by atoms with van der Waals surface area (Å²) in [4.78, 5) is 53.9. The fourth-order valence-corrected chi connectivity index (χ4v) is 6.77. The summed E-state index contributed by atoms with van der Waals surface area (Å²) in [6, 6.07) is 6.28. The van der Waals surface area contributed by atoms with Crippen LogP contribution in [0.2, 0.25) is 0 Å². The predicted octanol–water partition coefficient (Wildman–Crippen LogP) is -3.49. The van der Waals surface area contributed by atoms with Crippen LogP contribution < -0.4 is 45.7 Å². The van der Waals surface area contributed by atoms with Gasteiger partial charge in [-0.25, -0.2) is 13.4 Å². The number of nitrogens with one attached hydrogen (secondary N) is 1. The third-order valence-electron chi connectivity index (χ3n) is 5.36. The number of carboxylic acid groups (broad SMARTS) is 1. The van der Waals surface area contributed by atoms with E-state index in [1.165, 1.54) is 29.6 Å². The van der Waals surface area contributed by atoms with Crippen molar-refractivity contribution in [2.75, 3.05) is 18.1 Å². The number of carbonyl (C=O) groups excluding carboxylic acids is 4. The number of ether oxygens (including phenoxy) is 1. The molecule has 1 aromatic carbocycles. The normalized spacial score (nSPS) is 19.1. The average Bonchev–Trinajstić information content (AvgIpc) is 3.29. The van der Waals surface area contributed by atoms with Crippen molar-refractivity contribution in [2.24, 2.45) is 0 Å². The molecular formula is C22H19N4NaO8S3. The third-order valence-corrected chi connectivity index (χ3v) is 8.85. The molecule has 2 aliphatic rings. The minimum absolute atomic E-state index is 0. The van der Waals surface area contributed by atoms with Crippen molar-refractivity contribution in [1.29, 1.82) is 0 Å². The van der Waals surface area contributed by atoms with Crippen molar-refractivity contribution in [3.63, 3.8) is 0 Å². The van der Waals surface area contributed by atoms with Crippen molar-refractivity contribution in [3.8, 4) is 0 Å². The van der Waals surface area contributed by atoms with Gasteiger partial charge in [-0.3, -0.25) is 19.3 Å². The number of nitrogen functional groups attached to an aromatic ring is 1. The molecule has 38 heavy (non-hydrogen) atoms. The minimum atomic E-state index is -4.08. The molecule has 1 fully saturated rings. The number of thioether (sulfide) groups is 1. The van der Waals surface area contributed by atoms with Crippen molar-refractivity contribution in [1.82, 2.24) is 15.2 Å². The van der Waals surface area contributed by atoms with E-state index in [0.29, 0.717) is 0 Å². The second-order valence-corrected chi connectivity index (χ2v) is 11.6. The SMILES string of the molecule is CC(=O)OCC1=C(C(=O)[O-])N2C(=O)C(NC(=O)C(=CS(=O)(=O)c3ccccc3)c3csc(N)n3)[C@H]2SC1.[Na+]. The Balaban J connectivity index is 0.00000400. The molecule has 2 aliphatic heterocycles. The van der Waals surface area contributed by atoms with Crippen molar-refractivity contribution < 1.29 is 67.0 Å². The third kappa shape index (κ3) is 6.13. The van der Waals surface area contributed by atoms with Gasteiger partial charge in [-0.2, -0.15) is 0 Å². The molecule has 0 bridgehead atoms. The summed E-state index contributed by atoms with van der Waals surface area (Å²) in [7, 11) is -4.08. The number of rotatable bonds is 8. The number of thiazole rings is 1. The Bertz CT molecular complexity index is 1460. The Morgan fingerprint density at radius 1 is 1.29 bits per heavy atom. The fourth-order valence-electron chi connectivity index (χ4n) is 3.67. The van der Waals surface area contributed by atoms with Crippen LogP contribution in [0.5, 0.6) is 0 Å². The molecule has 0 aliphatic carbocycles. The molecule has 1 unspecified atom stereocenters. The van der Waals surface area contributed by atoms with E-state index in [1.54, 1.807) is 6.07 Å². The number of nitrogens with zero attached hydrogens (tertiary/aromatic N) is 2. The van der Waals surface area contributed by atoms with E-state index in [2.05, 4.69) is 10.3 Å². The molecule has 194 valence electrons. The quantitative estimate of drug-likeness (QED) is 0.135. The maximum Gasteiger partial charge on any atom is 1.00 e. The van der Waals surface area contributed by atoms with Crippen LogP contribution >= 0.6 is 23.1 Å². The van der Waals surface area contributed by atoms with Crippen LogP contribution in [-0.2, 0) is 33.8 Å². The Kier molecular flexibility index (Phi) is 9.43. The number of amides is 2. The monoisotopic (exact) mass is 586 g/mol. The molecule has 0 saturated carbocycles. The van der Waals surface area contributed by atoms with E-state index in [9.17, 15) is 32.7 Å². The van der Waals surface area contributed by atoms with Gasteiger partial charge in [0.1, 0.15) is 18.0 Å². The van der Waals surface area contributed by atoms with Crippen LogP contribution in [-0.4, -0.2) is 65.8 Å². The van der Waals surface area contributed by atoms with E-state index in [0.717, 1.165) is 40.3 Å². The summed E-state index contributed by atoms with van der Waals surface area (Å²) < 4.78 is 30.8. The first-order valence-electron chi connectivity index (χ1n) is 10.5. The molecule has 2 atom stereocenters. The number of sulfone groups is 1. The van der Waals surface area contributed by atoms with Gasteiger partial charge in [0.05, 0.1) is 33.2 Å². The Hall–Kier alpha value is -2.69. The van der Waals surface area contributed by atoms with E-state index in [-0.39, 0.29) is 68.8 Å². The number of hydrogen-bond donors (Lipinski definition) is 2. The van der Waals surface area contributed by atoms with E-state index in [1.807, 2.05) is 0 Å². The number of fused-ring (bicyclic) bond motifs is 1. The molecule has 16 heteroatoms. The first kappa shape index (κ1) is 29.9. The maximum absolute atomic E-state index is 13.2. The molecule has 1 aromatic heterocycles. The number of anilines is 1. The number of benzene rings is 1. The van der Waals surface area contributed by atoms with Gasteiger partial charge in [0.2, 0.25) is 9.84 Å². The first-order valence-corrected chi connectivity index (χ1v) is 14.0. The number of hydrogen-bond acceptors (Lipinski definition) is 12. The van der Waals surface area contributed by atoms with Gasteiger partial charge in [-0.15, -0.1) is 23.1 Å². The zero-order valence-corrected chi connectivity index (χ0v) is 24.5. The standard InChI is InChI=1S/C22H20N4O8S3.Na/c1-11(27)34-7-12-8-35-20-16(19(29)26(20)17(12)21(30)31)25-18(28)14(15-9-36-22(23)24-15)10-37(32,33)13-5-3-2-4-6-13;/h2-6,9-10,16,20H,7-8H2,1H3,(H2,23,24)(H,25,28)(H,30,31);/q;+1/p-1/t16?,20-;/m1./s1. The van der Waals surface area contributed by atoms with Crippen LogP contribution in [0.25, 0.3) is 5.57 Å². The number of aliphatic carboxylic acids is 1. The second-order valence-electron chi connectivity index (χ2n) is 7.84. The maximum atomic E-state index is 13.2. The topological polar surface area (TPSA) is 189 Å². The van der Waals surface area contributed by atoms with Crippen molar-refractivity contribution in [3.05, 3.63) is 58.1 Å². The van der Waals surface area contributed by atoms with Gasteiger partial charge in [-0.1, -0.05) is 18.2 Å². The van der Waals surface area contributed by atoms with Crippen molar-refractivity contribution >= 4 is 67.4 Å². The number of esters is 1. The summed E-state index contributed by atoms with van der Waals surface area (Å²) in [5.74, 6) is -3.80. The van der Waals surface area contributed by atoms with Crippen LogP contribution in [0.15, 0.2) is 57.3 Å². The molecule has 4 rings (SSSR count). The number of nitrogens with two attached hydrogens (primary N) is 1. The summed E-state index contributed by atoms with van der Waals surface area (Å²) >= 11 is 2.15. The molecule has 3 N–H and O–H groups in total. The van der Waals surface area contributed by atoms with E-state index in [4.69, 9.17) is 10.5 Å². The van der Waals surface area contributed by atoms with Gasteiger partial charge >= 0.3 is 35.5 Å². The molecule has 1 saturated heterocycles. The second kappa shape index (κ2) is 12.0. The zero-order chi connectivity index (χ0) is 26.9. The smallest absolute Gasteiger partial charge is 0.543 e. The van der Waals surface area contributed by atoms with Gasteiger partial charge in [0, 0.05) is 23.6 Å². The Morgan fingerprint density at radius 3 is 2.55 bits per heavy atom.